The molecule has 0 spiro atoms. The molecule has 0 aromatic heterocycles. The Morgan fingerprint density at radius 2 is 1.55 bits per heavy atom. The maximum Gasteiger partial charge on any atom is 0.00228 e. The molecule has 2 unspecified atom stereocenters. The molecule has 114 valence electrons. The molecule has 1 heteroatoms. The second-order valence-corrected chi connectivity index (χ2v) is 6.85. The predicted octanol–water partition coefficient (Wildman–Crippen LogP) is 5.07. The van der Waals surface area contributed by atoms with E-state index >= 15 is 0 Å². The molecular formula is C19H33N. The van der Waals surface area contributed by atoms with Crippen LogP contribution in [0.2, 0.25) is 0 Å². The Balaban J connectivity index is 2.84. The van der Waals surface area contributed by atoms with Crippen molar-refractivity contribution in [3.63, 3.8) is 0 Å². The summed E-state index contributed by atoms with van der Waals surface area (Å²) in [6.07, 6.45) is 2.58. The highest BCUT2D eigenvalue weighted by Gasteiger charge is 2.19. The highest BCUT2D eigenvalue weighted by molar-refractivity contribution is 5.31. The van der Waals surface area contributed by atoms with Crippen molar-refractivity contribution in [2.24, 2.45) is 11.8 Å². The highest BCUT2D eigenvalue weighted by Crippen LogP contribution is 2.29. The summed E-state index contributed by atoms with van der Waals surface area (Å²) < 4.78 is 0. The second-order valence-electron chi connectivity index (χ2n) is 6.85. The van der Waals surface area contributed by atoms with E-state index in [0.717, 1.165) is 24.9 Å². The Labute approximate surface area is 126 Å². The van der Waals surface area contributed by atoms with Crippen LogP contribution in [0.4, 0.5) is 0 Å². The first kappa shape index (κ1) is 17.2. The lowest BCUT2D eigenvalue weighted by molar-refractivity contribution is 0.394. The van der Waals surface area contributed by atoms with E-state index in [2.05, 4.69) is 65.1 Å². The van der Waals surface area contributed by atoms with Gasteiger partial charge in [0.25, 0.3) is 0 Å². The number of benzene rings is 1. The predicted molar refractivity (Wildman–Crippen MR) is 90.4 cm³/mol. The third-order valence-electron chi connectivity index (χ3n) is 4.02. The SMILES string of the molecule is CCCC(C)C(CNCC(C)C)c1cc(C)cc(C)c1. The van der Waals surface area contributed by atoms with Crippen LogP contribution in [0.25, 0.3) is 0 Å². The van der Waals surface area contributed by atoms with Crippen LogP contribution in [-0.2, 0) is 0 Å². The van der Waals surface area contributed by atoms with Gasteiger partial charge in [-0.3, -0.25) is 0 Å². The van der Waals surface area contributed by atoms with Gasteiger partial charge in [-0.25, -0.2) is 0 Å². The molecule has 1 rings (SSSR count). The van der Waals surface area contributed by atoms with Gasteiger partial charge >= 0.3 is 0 Å². The monoisotopic (exact) mass is 275 g/mol. The molecule has 20 heavy (non-hydrogen) atoms. The summed E-state index contributed by atoms with van der Waals surface area (Å²) >= 11 is 0. The number of rotatable bonds is 8. The molecule has 0 aliphatic carbocycles. The van der Waals surface area contributed by atoms with Crippen molar-refractivity contribution in [1.82, 2.24) is 5.32 Å². The molecule has 0 fully saturated rings. The van der Waals surface area contributed by atoms with Crippen LogP contribution in [0.5, 0.6) is 0 Å². The van der Waals surface area contributed by atoms with E-state index in [9.17, 15) is 0 Å². The van der Waals surface area contributed by atoms with Gasteiger partial charge in [0.15, 0.2) is 0 Å². The summed E-state index contributed by atoms with van der Waals surface area (Å²) in [6, 6.07) is 7.02. The summed E-state index contributed by atoms with van der Waals surface area (Å²) in [5.41, 5.74) is 4.29. The number of nitrogens with one attached hydrogen (secondary N) is 1. The summed E-state index contributed by atoms with van der Waals surface area (Å²) in [5.74, 6) is 2.09. The van der Waals surface area contributed by atoms with Crippen molar-refractivity contribution in [2.45, 2.75) is 60.3 Å². The van der Waals surface area contributed by atoms with Crippen molar-refractivity contribution in [3.8, 4) is 0 Å². The van der Waals surface area contributed by atoms with Gasteiger partial charge in [0.05, 0.1) is 0 Å². The van der Waals surface area contributed by atoms with Gasteiger partial charge in [0, 0.05) is 6.54 Å². The highest BCUT2D eigenvalue weighted by atomic mass is 14.9. The molecule has 0 saturated heterocycles. The molecule has 1 aromatic carbocycles. The van der Waals surface area contributed by atoms with Crippen LogP contribution in [-0.4, -0.2) is 13.1 Å². The molecule has 0 bridgehead atoms. The zero-order valence-electron chi connectivity index (χ0n) is 14.3. The molecule has 0 heterocycles. The third kappa shape index (κ3) is 5.66. The minimum atomic E-state index is 0.632. The Morgan fingerprint density at radius 3 is 2.05 bits per heavy atom. The van der Waals surface area contributed by atoms with Crippen LogP contribution >= 0.6 is 0 Å². The van der Waals surface area contributed by atoms with Gasteiger partial charge in [-0.1, -0.05) is 69.9 Å². The number of hydrogen-bond acceptors (Lipinski definition) is 1. The zero-order valence-corrected chi connectivity index (χ0v) is 14.3. The second kappa shape index (κ2) is 8.46. The first-order valence-corrected chi connectivity index (χ1v) is 8.23. The number of hydrogen-bond donors (Lipinski definition) is 1. The maximum absolute atomic E-state index is 3.66. The molecule has 2 atom stereocenters. The minimum absolute atomic E-state index is 0.632. The van der Waals surface area contributed by atoms with Crippen molar-refractivity contribution in [2.75, 3.05) is 13.1 Å². The van der Waals surface area contributed by atoms with Crippen LogP contribution in [0.15, 0.2) is 18.2 Å². The van der Waals surface area contributed by atoms with E-state index in [4.69, 9.17) is 0 Å². The Morgan fingerprint density at radius 1 is 0.950 bits per heavy atom. The topological polar surface area (TPSA) is 12.0 Å². The van der Waals surface area contributed by atoms with Crippen LogP contribution in [0, 0.1) is 25.7 Å². The smallest absolute Gasteiger partial charge is 0.00228 e. The zero-order chi connectivity index (χ0) is 15.1. The lowest BCUT2D eigenvalue weighted by atomic mass is 9.83. The molecule has 0 saturated carbocycles. The summed E-state index contributed by atoms with van der Waals surface area (Å²) in [7, 11) is 0. The first-order valence-electron chi connectivity index (χ1n) is 8.23. The fourth-order valence-corrected chi connectivity index (χ4v) is 3.06. The van der Waals surface area contributed by atoms with Gasteiger partial charge in [-0.2, -0.15) is 0 Å². The third-order valence-corrected chi connectivity index (χ3v) is 4.02. The quantitative estimate of drug-likeness (QED) is 0.698. The van der Waals surface area contributed by atoms with Gasteiger partial charge in [0.1, 0.15) is 0 Å². The molecule has 1 nitrogen and oxygen atoms in total. The van der Waals surface area contributed by atoms with Crippen molar-refractivity contribution < 1.29 is 0 Å². The maximum atomic E-state index is 3.66. The van der Waals surface area contributed by atoms with Crippen molar-refractivity contribution >= 4 is 0 Å². The van der Waals surface area contributed by atoms with E-state index in [-0.39, 0.29) is 0 Å². The van der Waals surface area contributed by atoms with Gasteiger partial charge in [0.2, 0.25) is 0 Å². The summed E-state index contributed by atoms with van der Waals surface area (Å²) in [6.45, 7) is 15.9. The molecule has 1 aromatic rings. The van der Waals surface area contributed by atoms with E-state index in [1.807, 2.05) is 0 Å². The van der Waals surface area contributed by atoms with Crippen LogP contribution in [0.3, 0.4) is 0 Å². The lowest BCUT2D eigenvalue weighted by Gasteiger charge is -2.26. The summed E-state index contributed by atoms with van der Waals surface area (Å²) in [4.78, 5) is 0. The van der Waals surface area contributed by atoms with Crippen LogP contribution in [0.1, 0.15) is 63.1 Å². The molecule has 0 aliphatic heterocycles. The fourth-order valence-electron chi connectivity index (χ4n) is 3.06. The lowest BCUT2D eigenvalue weighted by Crippen LogP contribution is -2.28. The first-order chi connectivity index (χ1) is 9.43. The van der Waals surface area contributed by atoms with Gasteiger partial charge in [-0.05, 0) is 43.7 Å². The Bertz CT molecular complexity index is 375. The summed E-state index contributed by atoms with van der Waals surface area (Å²) in [5, 5.41) is 3.66. The largest absolute Gasteiger partial charge is 0.316 e. The Hall–Kier alpha value is -0.820. The van der Waals surface area contributed by atoms with E-state index in [0.29, 0.717) is 5.92 Å². The van der Waals surface area contributed by atoms with Crippen LogP contribution < -0.4 is 5.32 Å². The minimum Gasteiger partial charge on any atom is -0.316 e. The van der Waals surface area contributed by atoms with E-state index < -0.39 is 0 Å². The molecule has 0 aliphatic rings. The van der Waals surface area contributed by atoms with E-state index in [1.54, 1.807) is 0 Å². The molecule has 1 N–H and O–H groups in total. The average Bonchev–Trinajstić information content (AvgIpc) is 2.33. The fraction of sp³-hybridized carbons (Fsp3) is 0.684. The van der Waals surface area contributed by atoms with E-state index in [1.165, 1.54) is 29.5 Å². The average molecular weight is 275 g/mol. The molecular weight excluding hydrogens is 242 g/mol. The van der Waals surface area contributed by atoms with Crippen molar-refractivity contribution in [1.29, 1.82) is 0 Å². The van der Waals surface area contributed by atoms with Gasteiger partial charge < -0.3 is 5.32 Å². The van der Waals surface area contributed by atoms with Gasteiger partial charge in [-0.15, -0.1) is 0 Å². The standard InChI is InChI=1S/C19H33N/c1-7-8-17(6)19(13-20-12-14(2)3)18-10-15(4)9-16(5)11-18/h9-11,14,17,19-20H,7-8,12-13H2,1-6H3. The van der Waals surface area contributed by atoms with Crippen molar-refractivity contribution in [3.05, 3.63) is 34.9 Å². The Kier molecular flexibility index (Phi) is 7.29. The molecule has 0 radical (unpaired) electrons. The number of aryl methyl sites for hydroxylation is 2. The molecule has 0 amide bonds. The normalized spacial score (nSPS) is 14.6.